The van der Waals surface area contributed by atoms with Crippen molar-refractivity contribution >= 4 is 0 Å². The van der Waals surface area contributed by atoms with E-state index in [1.807, 2.05) is 24.3 Å². The van der Waals surface area contributed by atoms with Gasteiger partial charge in [0.2, 0.25) is 0 Å². The fourth-order valence-electron chi connectivity index (χ4n) is 2.80. The molecule has 2 aromatic rings. The van der Waals surface area contributed by atoms with Gasteiger partial charge in [0, 0.05) is 11.5 Å². The van der Waals surface area contributed by atoms with E-state index in [9.17, 15) is 8.78 Å². The lowest BCUT2D eigenvalue weighted by Gasteiger charge is -2.31. The summed E-state index contributed by atoms with van der Waals surface area (Å²) in [6.45, 7) is 0.405. The van der Waals surface area contributed by atoms with Crippen molar-refractivity contribution in [2.75, 3.05) is 6.61 Å². The van der Waals surface area contributed by atoms with Gasteiger partial charge in [-0.2, -0.15) is 0 Å². The summed E-state index contributed by atoms with van der Waals surface area (Å²) in [5.41, 5.74) is 3.87. The zero-order valence-electron chi connectivity index (χ0n) is 11.4. The van der Waals surface area contributed by atoms with Crippen molar-refractivity contribution in [3.8, 4) is 5.75 Å². The van der Waals surface area contributed by atoms with E-state index in [0.717, 1.165) is 23.4 Å². The highest BCUT2D eigenvalue weighted by atomic mass is 19.1. The summed E-state index contributed by atoms with van der Waals surface area (Å²) < 4.78 is 33.0. The molecule has 0 aromatic heterocycles. The molecule has 1 heterocycles. The largest absolute Gasteiger partial charge is 0.493 e. The summed E-state index contributed by atoms with van der Waals surface area (Å²) in [5, 5.41) is 0. The Morgan fingerprint density at radius 2 is 2.00 bits per heavy atom. The second-order valence-corrected chi connectivity index (χ2v) is 5.19. The Bertz CT molecular complexity index is 648. The molecule has 0 spiro atoms. The smallest absolute Gasteiger partial charge is 0.128 e. The average molecular weight is 290 g/mol. The van der Waals surface area contributed by atoms with Crippen LogP contribution in [0.2, 0.25) is 0 Å². The maximum Gasteiger partial charge on any atom is 0.128 e. The van der Waals surface area contributed by atoms with Gasteiger partial charge in [0.1, 0.15) is 17.4 Å². The van der Waals surface area contributed by atoms with Crippen LogP contribution in [0, 0.1) is 17.6 Å². The average Bonchev–Trinajstić information content (AvgIpc) is 2.51. The third kappa shape index (κ3) is 2.75. The Balaban J connectivity index is 1.90. The minimum Gasteiger partial charge on any atom is -0.493 e. The van der Waals surface area contributed by atoms with Crippen molar-refractivity contribution in [2.24, 2.45) is 11.8 Å². The van der Waals surface area contributed by atoms with Crippen molar-refractivity contribution < 1.29 is 13.5 Å². The first kappa shape index (κ1) is 14.0. The zero-order chi connectivity index (χ0) is 14.8. The minimum absolute atomic E-state index is 0.0683. The van der Waals surface area contributed by atoms with Gasteiger partial charge in [-0.1, -0.05) is 18.2 Å². The number of ether oxygens (including phenoxy) is 1. The fraction of sp³-hybridized carbons (Fsp3) is 0.250. The van der Waals surface area contributed by atoms with Crippen LogP contribution in [-0.4, -0.2) is 6.61 Å². The molecule has 3 rings (SSSR count). The normalized spacial score (nSPS) is 18.7. The van der Waals surface area contributed by atoms with E-state index in [1.54, 1.807) is 0 Å². The second kappa shape index (κ2) is 5.79. The summed E-state index contributed by atoms with van der Waals surface area (Å²) in [5.74, 6) is 5.39. The molecule has 110 valence electrons. The molecular formula is C16H16F2N2O. The Kier molecular flexibility index (Phi) is 3.86. The molecule has 0 saturated carbocycles. The lowest BCUT2D eigenvalue weighted by Crippen LogP contribution is -2.39. The van der Waals surface area contributed by atoms with Crippen molar-refractivity contribution in [1.29, 1.82) is 0 Å². The minimum atomic E-state index is -0.506. The maximum absolute atomic E-state index is 14.0. The molecule has 21 heavy (non-hydrogen) atoms. The number of nitrogens with one attached hydrogen (secondary N) is 1. The molecule has 2 atom stereocenters. The second-order valence-electron chi connectivity index (χ2n) is 5.19. The molecule has 3 N–H and O–H groups in total. The predicted octanol–water partition coefficient (Wildman–Crippen LogP) is 2.72. The van der Waals surface area contributed by atoms with Crippen LogP contribution in [0.5, 0.6) is 5.75 Å². The Morgan fingerprint density at radius 1 is 1.19 bits per heavy atom. The van der Waals surface area contributed by atoms with Crippen LogP contribution < -0.4 is 16.0 Å². The first-order valence-electron chi connectivity index (χ1n) is 6.81. The SMILES string of the molecule is NNC(c1cc(F)ccc1F)C1COc2ccccc2C1. The lowest BCUT2D eigenvalue weighted by molar-refractivity contribution is 0.183. The Morgan fingerprint density at radius 3 is 2.81 bits per heavy atom. The van der Waals surface area contributed by atoms with Gasteiger partial charge in [-0.15, -0.1) is 0 Å². The van der Waals surface area contributed by atoms with Crippen LogP contribution in [0.3, 0.4) is 0 Å². The molecule has 2 aromatic carbocycles. The van der Waals surface area contributed by atoms with Gasteiger partial charge >= 0.3 is 0 Å². The van der Waals surface area contributed by atoms with E-state index in [2.05, 4.69) is 5.43 Å². The van der Waals surface area contributed by atoms with Gasteiger partial charge in [0.05, 0.1) is 12.6 Å². The number of rotatable bonds is 3. The molecule has 0 amide bonds. The van der Waals surface area contributed by atoms with Crippen LogP contribution >= 0.6 is 0 Å². The third-order valence-corrected chi connectivity index (χ3v) is 3.85. The number of halogens is 2. The molecule has 0 radical (unpaired) electrons. The van der Waals surface area contributed by atoms with Crippen LogP contribution in [0.1, 0.15) is 17.2 Å². The van der Waals surface area contributed by atoms with Gasteiger partial charge in [-0.3, -0.25) is 11.3 Å². The molecule has 0 aliphatic carbocycles. The van der Waals surface area contributed by atoms with E-state index in [1.165, 1.54) is 6.07 Å². The summed E-state index contributed by atoms with van der Waals surface area (Å²) in [6, 6.07) is 10.6. The van der Waals surface area contributed by atoms with Crippen molar-refractivity contribution in [2.45, 2.75) is 12.5 Å². The Labute approximate surface area is 121 Å². The number of hydrogen-bond donors (Lipinski definition) is 2. The topological polar surface area (TPSA) is 47.3 Å². The lowest BCUT2D eigenvalue weighted by atomic mass is 9.86. The standard InChI is InChI=1S/C16H16F2N2O/c17-12-5-6-14(18)13(8-12)16(20-19)11-7-10-3-1-2-4-15(10)21-9-11/h1-6,8,11,16,20H,7,9,19H2. The van der Waals surface area contributed by atoms with Gasteiger partial charge < -0.3 is 4.74 Å². The number of fused-ring (bicyclic) bond motifs is 1. The molecule has 3 nitrogen and oxygen atoms in total. The highest BCUT2D eigenvalue weighted by molar-refractivity contribution is 5.36. The number of benzene rings is 2. The number of hydrogen-bond acceptors (Lipinski definition) is 3. The number of hydrazine groups is 1. The summed E-state index contributed by atoms with van der Waals surface area (Å²) in [4.78, 5) is 0. The van der Waals surface area contributed by atoms with E-state index >= 15 is 0 Å². The molecule has 2 unspecified atom stereocenters. The first-order valence-corrected chi connectivity index (χ1v) is 6.81. The van der Waals surface area contributed by atoms with E-state index in [0.29, 0.717) is 13.0 Å². The van der Waals surface area contributed by atoms with E-state index in [-0.39, 0.29) is 11.5 Å². The predicted molar refractivity (Wildman–Crippen MR) is 75.6 cm³/mol. The molecular weight excluding hydrogens is 274 g/mol. The highest BCUT2D eigenvalue weighted by Crippen LogP contribution is 2.34. The van der Waals surface area contributed by atoms with Crippen molar-refractivity contribution in [3.63, 3.8) is 0 Å². The monoisotopic (exact) mass is 290 g/mol. The van der Waals surface area contributed by atoms with Gasteiger partial charge in [0.25, 0.3) is 0 Å². The first-order chi connectivity index (χ1) is 10.2. The Hall–Kier alpha value is -1.98. The zero-order valence-corrected chi connectivity index (χ0v) is 11.4. The molecule has 0 bridgehead atoms. The quantitative estimate of drug-likeness (QED) is 0.675. The summed E-state index contributed by atoms with van der Waals surface area (Å²) in [7, 11) is 0. The maximum atomic E-state index is 14.0. The van der Waals surface area contributed by atoms with E-state index in [4.69, 9.17) is 10.6 Å². The van der Waals surface area contributed by atoms with Crippen LogP contribution in [0.25, 0.3) is 0 Å². The van der Waals surface area contributed by atoms with Gasteiger partial charge in [-0.05, 0) is 36.2 Å². The van der Waals surface area contributed by atoms with Gasteiger partial charge in [0.15, 0.2) is 0 Å². The van der Waals surface area contributed by atoms with Crippen molar-refractivity contribution in [3.05, 3.63) is 65.2 Å². The molecule has 0 fully saturated rings. The molecule has 0 saturated heterocycles. The molecule has 1 aliphatic rings. The molecule has 5 heteroatoms. The fourth-order valence-corrected chi connectivity index (χ4v) is 2.80. The number of nitrogens with two attached hydrogens (primary N) is 1. The molecule has 1 aliphatic heterocycles. The number of para-hydroxylation sites is 1. The van der Waals surface area contributed by atoms with Crippen LogP contribution in [0.4, 0.5) is 8.78 Å². The van der Waals surface area contributed by atoms with Crippen LogP contribution in [-0.2, 0) is 6.42 Å². The van der Waals surface area contributed by atoms with Crippen LogP contribution in [0.15, 0.2) is 42.5 Å². The summed E-state index contributed by atoms with van der Waals surface area (Å²) in [6.07, 6.45) is 0.695. The van der Waals surface area contributed by atoms with Crippen molar-refractivity contribution in [1.82, 2.24) is 5.43 Å². The summed E-state index contributed by atoms with van der Waals surface area (Å²) >= 11 is 0. The van der Waals surface area contributed by atoms with Gasteiger partial charge in [-0.25, -0.2) is 8.78 Å². The van der Waals surface area contributed by atoms with E-state index < -0.39 is 17.7 Å². The highest BCUT2D eigenvalue weighted by Gasteiger charge is 2.29. The third-order valence-electron chi connectivity index (χ3n) is 3.85.